The molecule has 2 atom stereocenters. The van der Waals surface area contributed by atoms with Gasteiger partial charge in [-0.15, -0.1) is 0 Å². The zero-order valence-electron chi connectivity index (χ0n) is 10.8. The topological polar surface area (TPSA) is 49.3 Å². The number of nitrogens with one attached hydrogen (secondary N) is 1. The van der Waals surface area contributed by atoms with E-state index in [1.54, 1.807) is 12.1 Å². The van der Waals surface area contributed by atoms with E-state index >= 15 is 0 Å². The highest BCUT2D eigenvalue weighted by Gasteiger charge is 2.13. The molecule has 0 saturated carbocycles. The van der Waals surface area contributed by atoms with Gasteiger partial charge in [0, 0.05) is 19.1 Å². The quantitative estimate of drug-likeness (QED) is 0.813. The third kappa shape index (κ3) is 4.84. The molecule has 3 nitrogen and oxygen atoms in total. The van der Waals surface area contributed by atoms with Crippen LogP contribution in [0.5, 0.6) is 0 Å². The molecule has 1 amide bonds. The van der Waals surface area contributed by atoms with Gasteiger partial charge < -0.3 is 10.4 Å². The van der Waals surface area contributed by atoms with E-state index < -0.39 is 0 Å². The summed E-state index contributed by atoms with van der Waals surface area (Å²) < 4.78 is 12.7. The van der Waals surface area contributed by atoms with Crippen molar-refractivity contribution in [1.29, 1.82) is 0 Å². The van der Waals surface area contributed by atoms with Crippen molar-refractivity contribution in [3.05, 3.63) is 35.6 Å². The van der Waals surface area contributed by atoms with Gasteiger partial charge in [0.25, 0.3) is 0 Å². The van der Waals surface area contributed by atoms with Gasteiger partial charge in [0.05, 0.1) is 0 Å². The van der Waals surface area contributed by atoms with Crippen LogP contribution >= 0.6 is 0 Å². The van der Waals surface area contributed by atoms with Crippen LogP contribution in [0.25, 0.3) is 0 Å². The fourth-order valence-corrected chi connectivity index (χ4v) is 1.54. The second-order valence-corrected chi connectivity index (χ2v) is 4.64. The maximum absolute atomic E-state index is 12.7. The average molecular weight is 253 g/mol. The van der Waals surface area contributed by atoms with Gasteiger partial charge in [0.2, 0.25) is 5.91 Å². The van der Waals surface area contributed by atoms with Crippen LogP contribution in [0.3, 0.4) is 0 Å². The number of rotatable bonds is 6. The number of amides is 1. The van der Waals surface area contributed by atoms with Gasteiger partial charge in [-0.3, -0.25) is 4.79 Å². The molecule has 100 valence electrons. The lowest BCUT2D eigenvalue weighted by Crippen LogP contribution is -2.38. The van der Waals surface area contributed by atoms with Gasteiger partial charge in [0.15, 0.2) is 0 Å². The summed E-state index contributed by atoms with van der Waals surface area (Å²) in [6.07, 6.45) is 0.959. The number of aryl methyl sites for hydroxylation is 1. The first-order valence-electron chi connectivity index (χ1n) is 6.17. The maximum Gasteiger partial charge on any atom is 0.220 e. The standard InChI is InChI=1S/C14H20FNO2/c1-10(9-17)11(2)16-14(18)8-5-12-3-6-13(15)7-4-12/h3-4,6-7,10-11,17H,5,8-9H2,1-2H3,(H,16,18). The zero-order valence-corrected chi connectivity index (χ0v) is 10.8. The molecule has 1 aromatic carbocycles. The molecule has 0 aromatic heterocycles. The number of carbonyl (C=O) groups is 1. The second kappa shape index (κ2) is 7.11. The number of aliphatic hydroxyl groups excluding tert-OH is 1. The molecule has 0 spiro atoms. The molecule has 18 heavy (non-hydrogen) atoms. The van der Waals surface area contributed by atoms with E-state index in [0.29, 0.717) is 12.8 Å². The third-order valence-electron chi connectivity index (χ3n) is 3.08. The first-order chi connectivity index (χ1) is 8.52. The normalized spacial score (nSPS) is 14.0. The molecule has 0 radical (unpaired) electrons. The van der Waals surface area contributed by atoms with Crippen molar-refractivity contribution in [3.63, 3.8) is 0 Å². The Bertz CT molecular complexity index is 378. The summed E-state index contributed by atoms with van der Waals surface area (Å²) in [5.41, 5.74) is 0.939. The summed E-state index contributed by atoms with van der Waals surface area (Å²) in [6, 6.07) is 6.11. The number of halogens is 1. The van der Waals surface area contributed by atoms with E-state index in [4.69, 9.17) is 5.11 Å². The highest BCUT2D eigenvalue weighted by Crippen LogP contribution is 2.06. The van der Waals surface area contributed by atoms with E-state index in [0.717, 1.165) is 5.56 Å². The van der Waals surface area contributed by atoms with E-state index in [2.05, 4.69) is 5.32 Å². The molecule has 1 rings (SSSR count). The van der Waals surface area contributed by atoms with Gasteiger partial charge >= 0.3 is 0 Å². The SMILES string of the molecule is CC(CO)C(C)NC(=O)CCc1ccc(F)cc1. The van der Waals surface area contributed by atoms with Gasteiger partial charge in [-0.25, -0.2) is 4.39 Å². The molecule has 0 aliphatic rings. The second-order valence-electron chi connectivity index (χ2n) is 4.64. The molecule has 4 heteroatoms. The molecular weight excluding hydrogens is 233 g/mol. The van der Waals surface area contributed by atoms with Crippen molar-refractivity contribution in [3.8, 4) is 0 Å². The molecule has 0 saturated heterocycles. The Morgan fingerprint density at radius 1 is 1.33 bits per heavy atom. The minimum Gasteiger partial charge on any atom is -0.396 e. The van der Waals surface area contributed by atoms with E-state index in [-0.39, 0.29) is 30.3 Å². The highest BCUT2D eigenvalue weighted by molar-refractivity contribution is 5.76. The van der Waals surface area contributed by atoms with Crippen molar-refractivity contribution in [2.45, 2.75) is 32.7 Å². The molecule has 0 heterocycles. The van der Waals surface area contributed by atoms with Gasteiger partial charge in [-0.05, 0) is 37.0 Å². The van der Waals surface area contributed by atoms with Crippen LogP contribution in [0, 0.1) is 11.7 Å². The smallest absolute Gasteiger partial charge is 0.220 e. The fourth-order valence-electron chi connectivity index (χ4n) is 1.54. The van der Waals surface area contributed by atoms with Crippen molar-refractivity contribution >= 4 is 5.91 Å². The molecule has 0 bridgehead atoms. The van der Waals surface area contributed by atoms with Gasteiger partial charge in [0.1, 0.15) is 5.82 Å². The number of hydrogen-bond donors (Lipinski definition) is 2. The first kappa shape index (κ1) is 14.6. The van der Waals surface area contributed by atoms with Gasteiger partial charge in [-0.2, -0.15) is 0 Å². The predicted molar refractivity (Wildman–Crippen MR) is 68.6 cm³/mol. The lowest BCUT2D eigenvalue weighted by molar-refractivity contribution is -0.122. The van der Waals surface area contributed by atoms with E-state index in [1.165, 1.54) is 12.1 Å². The first-order valence-corrected chi connectivity index (χ1v) is 6.17. The largest absolute Gasteiger partial charge is 0.396 e. The van der Waals surface area contributed by atoms with Crippen LogP contribution in [-0.2, 0) is 11.2 Å². The number of aliphatic hydroxyl groups is 1. The van der Waals surface area contributed by atoms with Crippen LogP contribution in [0.15, 0.2) is 24.3 Å². The number of hydrogen-bond acceptors (Lipinski definition) is 2. The lowest BCUT2D eigenvalue weighted by atomic mass is 10.0. The Hall–Kier alpha value is -1.42. The van der Waals surface area contributed by atoms with Crippen molar-refractivity contribution < 1.29 is 14.3 Å². The van der Waals surface area contributed by atoms with Crippen LogP contribution in [0.2, 0.25) is 0 Å². The highest BCUT2D eigenvalue weighted by atomic mass is 19.1. The Labute approximate surface area is 107 Å². The van der Waals surface area contributed by atoms with E-state index in [9.17, 15) is 9.18 Å². The predicted octanol–water partition coefficient (Wildman–Crippen LogP) is 1.89. The van der Waals surface area contributed by atoms with Crippen LogP contribution < -0.4 is 5.32 Å². The Kier molecular flexibility index (Phi) is 5.78. The van der Waals surface area contributed by atoms with Crippen LogP contribution in [0.1, 0.15) is 25.8 Å². The molecule has 0 aliphatic heterocycles. The zero-order chi connectivity index (χ0) is 13.5. The fraction of sp³-hybridized carbons (Fsp3) is 0.500. The Balaban J connectivity index is 2.35. The van der Waals surface area contributed by atoms with Crippen molar-refractivity contribution in [2.24, 2.45) is 5.92 Å². The molecule has 0 fully saturated rings. The average Bonchev–Trinajstić information content (AvgIpc) is 2.37. The summed E-state index contributed by atoms with van der Waals surface area (Å²) >= 11 is 0. The summed E-state index contributed by atoms with van der Waals surface area (Å²) in [4.78, 5) is 11.6. The van der Waals surface area contributed by atoms with Gasteiger partial charge in [-0.1, -0.05) is 19.1 Å². The summed E-state index contributed by atoms with van der Waals surface area (Å²) in [5.74, 6) is -0.277. The Morgan fingerprint density at radius 2 is 1.94 bits per heavy atom. The van der Waals surface area contributed by atoms with Crippen LogP contribution in [0.4, 0.5) is 4.39 Å². The monoisotopic (exact) mass is 253 g/mol. The lowest BCUT2D eigenvalue weighted by Gasteiger charge is -2.19. The van der Waals surface area contributed by atoms with Crippen molar-refractivity contribution in [1.82, 2.24) is 5.32 Å². The molecule has 1 aromatic rings. The minimum absolute atomic E-state index is 0.0415. The third-order valence-corrected chi connectivity index (χ3v) is 3.08. The van der Waals surface area contributed by atoms with Crippen molar-refractivity contribution in [2.75, 3.05) is 6.61 Å². The molecular formula is C14H20FNO2. The summed E-state index contributed by atoms with van der Waals surface area (Å²) in [5, 5.41) is 11.8. The molecule has 0 aliphatic carbocycles. The van der Waals surface area contributed by atoms with E-state index in [1.807, 2.05) is 13.8 Å². The Morgan fingerprint density at radius 3 is 2.50 bits per heavy atom. The molecule has 2 unspecified atom stereocenters. The number of benzene rings is 1. The number of carbonyl (C=O) groups excluding carboxylic acids is 1. The van der Waals surface area contributed by atoms with Crippen LogP contribution in [-0.4, -0.2) is 23.7 Å². The molecule has 2 N–H and O–H groups in total. The minimum atomic E-state index is -0.270. The summed E-state index contributed by atoms with van der Waals surface area (Å²) in [7, 11) is 0. The summed E-state index contributed by atoms with van der Waals surface area (Å²) in [6.45, 7) is 3.81. The maximum atomic E-state index is 12.7.